The van der Waals surface area contributed by atoms with Crippen LogP contribution in [0, 0.1) is 36.0 Å². The Balaban J connectivity index is 0.000000138. The number of amides is 11. The van der Waals surface area contributed by atoms with Gasteiger partial charge in [-0.3, -0.25) is 83.5 Å². The Hall–Kier alpha value is -12.7. The van der Waals surface area contributed by atoms with Crippen LogP contribution in [0.2, 0.25) is 0 Å². The van der Waals surface area contributed by atoms with Crippen molar-refractivity contribution in [1.29, 1.82) is 0 Å². The molecule has 1 aromatic heterocycles. The zero-order valence-corrected chi connectivity index (χ0v) is 72.9. The number of carbonyl (C=O) groups is 11. The summed E-state index contributed by atoms with van der Waals surface area (Å²) in [5.74, 6) is 1.33. The van der Waals surface area contributed by atoms with E-state index in [1.165, 1.54) is 37.8 Å². The molecule has 4 bridgehead atoms. The highest BCUT2D eigenvalue weighted by atomic mass is 19.4. The highest BCUT2D eigenvalue weighted by molar-refractivity contribution is 5.96. The molecule has 682 valence electrons. The first-order valence-electron chi connectivity index (χ1n) is 43.6. The molecule has 129 heavy (non-hydrogen) atoms. The number of rotatable bonds is 15. The molecule has 0 radical (unpaired) electrons. The number of ether oxygens (including phenoxy) is 1. The fourth-order valence-electron chi connectivity index (χ4n) is 19.6. The van der Waals surface area contributed by atoms with E-state index >= 15 is 0 Å². The number of nitrogens with one attached hydrogen (secondary N) is 5. The molecule has 30 nitrogen and oxygen atoms in total. The number of fused-ring (bicyclic) bond motifs is 5. The van der Waals surface area contributed by atoms with Crippen molar-refractivity contribution in [1.82, 2.24) is 66.6 Å². The normalized spacial score (nSPS) is 18.6. The van der Waals surface area contributed by atoms with E-state index in [0.717, 1.165) is 146 Å². The Bertz CT molecular complexity index is 5500. The van der Waals surface area contributed by atoms with Gasteiger partial charge in [0.1, 0.15) is 12.3 Å². The molecule has 4 saturated carbocycles. The van der Waals surface area contributed by atoms with Crippen LogP contribution in [0.5, 0.6) is 5.75 Å². The average Bonchev–Trinajstić information content (AvgIpc) is 0.913. The van der Waals surface area contributed by atoms with Crippen LogP contribution in [0.15, 0.2) is 146 Å². The molecule has 8 aromatic rings. The monoisotopic (exact) mass is 1770 g/mol. The molecule has 0 spiro atoms. The fourth-order valence-corrected chi connectivity index (χ4v) is 19.6. The molecular formula is C96H110F3N13O17. The Morgan fingerprint density at radius 3 is 1.17 bits per heavy atom. The number of likely N-dealkylation sites (tertiary alicyclic amines) is 1. The molecule has 18 rings (SSSR count). The van der Waals surface area contributed by atoms with Crippen LogP contribution < -0.4 is 32.1 Å². The number of aryl methyl sites for hydroxylation is 1. The van der Waals surface area contributed by atoms with Gasteiger partial charge in [-0.05, 0) is 265 Å². The van der Waals surface area contributed by atoms with E-state index in [2.05, 4.69) is 36.0 Å². The van der Waals surface area contributed by atoms with Crippen molar-refractivity contribution in [3.8, 4) is 5.75 Å². The number of benzene rings is 7. The van der Waals surface area contributed by atoms with Crippen molar-refractivity contribution in [2.45, 2.75) is 175 Å². The van der Waals surface area contributed by atoms with Gasteiger partial charge in [0.2, 0.25) is 35.4 Å². The van der Waals surface area contributed by atoms with Gasteiger partial charge in [-0.1, -0.05) is 80.6 Å². The molecule has 6 aliphatic heterocycles. The number of piperidine rings is 1. The maximum absolute atomic E-state index is 13.5. The highest BCUT2D eigenvalue weighted by Crippen LogP contribution is 2.61. The van der Waals surface area contributed by atoms with Crippen LogP contribution >= 0.6 is 0 Å². The summed E-state index contributed by atoms with van der Waals surface area (Å²) in [6.07, 6.45) is 8.36. The number of hydrogen-bond acceptors (Lipinski definition) is 18. The summed E-state index contributed by atoms with van der Waals surface area (Å²) >= 11 is 0. The lowest BCUT2D eigenvalue weighted by molar-refractivity contribution is -0.158. The summed E-state index contributed by atoms with van der Waals surface area (Å²) in [5.41, 5.74) is 22.8. The van der Waals surface area contributed by atoms with E-state index in [1.807, 2.05) is 81.4 Å². The minimum atomic E-state index is -4.55. The molecule has 33 heteroatoms. The van der Waals surface area contributed by atoms with Gasteiger partial charge in [0.15, 0.2) is 5.69 Å². The van der Waals surface area contributed by atoms with E-state index in [9.17, 15) is 65.9 Å². The summed E-state index contributed by atoms with van der Waals surface area (Å²) in [6, 6.07) is 42.9. The summed E-state index contributed by atoms with van der Waals surface area (Å²) in [7, 11) is 1.60. The van der Waals surface area contributed by atoms with Crippen molar-refractivity contribution < 1.29 is 96.7 Å². The first-order chi connectivity index (χ1) is 61.8. The quantitative estimate of drug-likeness (QED) is 0.0337. The molecule has 4 aliphatic carbocycles. The van der Waals surface area contributed by atoms with Gasteiger partial charge in [0.25, 0.3) is 29.5 Å². The molecule has 0 unspecified atom stereocenters. The molecule has 1 saturated heterocycles. The summed E-state index contributed by atoms with van der Waals surface area (Å²) in [6.45, 7) is 13.9. The predicted molar refractivity (Wildman–Crippen MR) is 463 cm³/mol. The van der Waals surface area contributed by atoms with Crippen LogP contribution in [-0.4, -0.2) is 183 Å². The SMILES string of the molecule is CC(=O)N1CCC(C(=O)N2CCc3cc(C(=O)NO)ccc3C2)CC1.CC(C)c1ccc(CC(=O)N2CCc3cc(C(=O)NO)ccc3C2)cc1.COc1cccc(CC(=O)N2CCc3cc(C(=O)NO)ccc3C2)c1.Cc1cc(C(F)(F)F)nn1CC(=O)N1CCc2cc(C(=O)NO)ccc2C1.O=C(NO)c1ccc2c(c1)CCN(C(=O)C13CC4CC(CC(C4)C1)C3)C2. The average molecular weight is 1780 g/mol. The van der Waals surface area contributed by atoms with E-state index in [4.69, 9.17) is 30.8 Å². The number of methoxy groups -OCH3 is 1. The van der Waals surface area contributed by atoms with Gasteiger partial charge >= 0.3 is 6.18 Å². The second-order valence-corrected chi connectivity index (χ2v) is 35.2. The largest absolute Gasteiger partial charge is 0.497 e. The molecule has 7 heterocycles. The maximum atomic E-state index is 13.5. The molecule has 10 N–H and O–H groups in total. The van der Waals surface area contributed by atoms with Crippen molar-refractivity contribution in [3.05, 3.63) is 257 Å². The standard InChI is InChI=1S/C21H26N2O3.C21H24N2O3.C19H20N2O4.C18H23N3O4.C17H17F3N4O3/c24-19(22-26)17-1-2-18-12-23(4-3-16(18)8-17)20(25)21-9-13-5-14(10-21)7-15(6-13)11-21;1-14(2)16-5-3-15(4-6-16)11-20(24)23-10-9-17-12-18(21(25)22-26)7-8-19(17)13-23;1-25-17-4-2-3-13(9-17)10-18(22)21-8-7-14-11-15(19(23)20-24)5-6-16(14)12-21;1-12(22)20-7-4-13(5-8-20)18(24)21-9-6-14-10-15(17(23)19-25)2-3-16(14)11-21;1-10-6-14(17(18,19)20)21-24(10)9-15(25)23-5-4-11-7-12(16(26)22-27)2-3-13(11)8-23/h1-2,8,13-15,26H,3-7,9-12H2,(H,22,24);3-8,12,14,26H,9-11,13H2,1-2H3,(H,22,25);2-6,9,11,24H,7-8,10,12H2,1H3,(H,20,23);2-3,10,13,25H,4-9,11H2,1H3,(H,19,23);2-3,6-7,27H,4-5,8-9H2,1H3,(H,22,26). The summed E-state index contributed by atoms with van der Waals surface area (Å²) in [4.78, 5) is 144. The molecule has 0 atom stereocenters. The van der Waals surface area contributed by atoms with Gasteiger partial charge in [0, 0.05) is 125 Å². The van der Waals surface area contributed by atoms with Crippen molar-refractivity contribution in [2.75, 3.05) is 52.9 Å². The number of hydrogen-bond donors (Lipinski definition) is 10. The second kappa shape index (κ2) is 41.6. The third-order valence-electron chi connectivity index (χ3n) is 26.4. The number of aromatic nitrogens is 2. The Morgan fingerprint density at radius 1 is 0.442 bits per heavy atom. The smallest absolute Gasteiger partial charge is 0.435 e. The van der Waals surface area contributed by atoms with Crippen LogP contribution in [0.3, 0.4) is 0 Å². The van der Waals surface area contributed by atoms with Gasteiger partial charge in [0.05, 0.1) is 25.4 Å². The lowest BCUT2D eigenvalue weighted by Crippen LogP contribution is -2.55. The van der Waals surface area contributed by atoms with Gasteiger partial charge in [-0.15, -0.1) is 0 Å². The van der Waals surface area contributed by atoms with Crippen LogP contribution in [-0.2, 0) is 119 Å². The molecule has 5 fully saturated rings. The van der Waals surface area contributed by atoms with Gasteiger partial charge in [-0.25, -0.2) is 27.4 Å². The van der Waals surface area contributed by atoms with E-state index in [1.54, 1.807) is 106 Å². The van der Waals surface area contributed by atoms with Crippen LogP contribution in [0.4, 0.5) is 13.2 Å². The molecule has 7 aromatic carbocycles. The Kier molecular flexibility index (Phi) is 30.3. The van der Waals surface area contributed by atoms with Gasteiger partial charge < -0.3 is 34.1 Å². The Morgan fingerprint density at radius 2 is 0.806 bits per heavy atom. The zero-order chi connectivity index (χ0) is 92.1. The Labute approximate surface area is 744 Å². The first kappa shape index (κ1) is 93.9. The van der Waals surface area contributed by atoms with E-state index in [0.29, 0.717) is 150 Å². The van der Waals surface area contributed by atoms with Gasteiger partial charge in [-0.2, -0.15) is 18.3 Å². The number of hydroxylamine groups is 5. The predicted octanol–water partition coefficient (Wildman–Crippen LogP) is 10.8. The third-order valence-corrected chi connectivity index (χ3v) is 26.4. The molecule has 11 amide bonds. The third kappa shape index (κ3) is 22.9. The first-order valence-corrected chi connectivity index (χ1v) is 43.6. The van der Waals surface area contributed by atoms with Crippen molar-refractivity contribution >= 4 is 65.0 Å². The van der Waals surface area contributed by atoms with Crippen molar-refractivity contribution in [3.63, 3.8) is 0 Å². The lowest BCUT2D eigenvalue weighted by atomic mass is 9.49. The zero-order valence-electron chi connectivity index (χ0n) is 72.9. The van der Waals surface area contributed by atoms with Crippen molar-refractivity contribution in [2.24, 2.45) is 29.1 Å². The second-order valence-electron chi connectivity index (χ2n) is 35.2. The summed E-state index contributed by atoms with van der Waals surface area (Å²) in [5, 5.41) is 47.2. The number of carbonyl (C=O) groups excluding carboxylic acids is 11. The number of nitrogens with zero attached hydrogens (tertiary/aromatic N) is 8. The van der Waals surface area contributed by atoms with Crippen LogP contribution in [0.1, 0.15) is 214 Å². The van der Waals surface area contributed by atoms with E-state index in [-0.39, 0.29) is 53.1 Å². The number of halogens is 3. The molecular weight excluding hydrogens is 1660 g/mol. The van der Waals surface area contributed by atoms with Crippen LogP contribution in [0.25, 0.3) is 0 Å². The van der Waals surface area contributed by atoms with E-state index < -0.39 is 41.4 Å². The topological polar surface area (TPSA) is 396 Å². The summed E-state index contributed by atoms with van der Waals surface area (Å²) < 4.78 is 44.5. The lowest BCUT2D eigenvalue weighted by Gasteiger charge is -2.56. The maximum Gasteiger partial charge on any atom is 0.435 e. The fraction of sp³-hybridized carbons (Fsp3) is 0.417. The molecule has 10 aliphatic rings. The minimum Gasteiger partial charge on any atom is -0.497 e. The number of alkyl halides is 3. The highest BCUT2D eigenvalue weighted by Gasteiger charge is 2.56. The minimum absolute atomic E-state index is 0.0170.